The molecule has 0 spiro atoms. The van der Waals surface area contributed by atoms with Crippen molar-refractivity contribution in [3.8, 4) is 5.69 Å². The van der Waals surface area contributed by atoms with Crippen molar-refractivity contribution in [2.24, 2.45) is 0 Å². The lowest BCUT2D eigenvalue weighted by Gasteiger charge is -2.14. The Labute approximate surface area is 161 Å². The first-order chi connectivity index (χ1) is 12.9. The van der Waals surface area contributed by atoms with Crippen molar-refractivity contribution in [3.05, 3.63) is 47.2 Å². The maximum atomic E-state index is 12.9. The smallest absolute Gasteiger partial charge is 0.260 e. The van der Waals surface area contributed by atoms with Crippen LogP contribution in [-0.2, 0) is 0 Å². The van der Waals surface area contributed by atoms with Crippen molar-refractivity contribution in [2.75, 3.05) is 11.6 Å². The fourth-order valence-electron chi connectivity index (χ4n) is 2.61. The number of hydrogen-bond acceptors (Lipinski definition) is 7. The van der Waals surface area contributed by atoms with E-state index in [1.807, 2.05) is 58.2 Å². The minimum atomic E-state index is -0.238. The number of aryl methyl sites for hydroxylation is 2. The first-order valence-electron chi connectivity index (χ1n) is 8.50. The first-order valence-corrected chi connectivity index (χ1v) is 9.72. The molecular formula is C18H21N7OS. The second-order valence-corrected chi connectivity index (χ2v) is 7.14. The first kappa shape index (κ1) is 19.0. The summed E-state index contributed by atoms with van der Waals surface area (Å²) in [6.45, 7) is 7.71. The lowest BCUT2D eigenvalue weighted by atomic mass is 10.1. The molecule has 0 aliphatic carbocycles. The third kappa shape index (κ3) is 3.97. The van der Waals surface area contributed by atoms with Crippen LogP contribution in [-0.4, -0.2) is 42.3 Å². The number of nitrogens with one attached hydrogen (secondary N) is 1. The Kier molecular flexibility index (Phi) is 5.50. The van der Waals surface area contributed by atoms with Gasteiger partial charge < -0.3 is 5.32 Å². The van der Waals surface area contributed by atoms with Gasteiger partial charge in [0, 0.05) is 11.6 Å². The number of rotatable bonds is 5. The molecule has 1 N–H and O–H groups in total. The zero-order valence-corrected chi connectivity index (χ0v) is 16.7. The van der Waals surface area contributed by atoms with Crippen LogP contribution in [0.5, 0.6) is 0 Å². The van der Waals surface area contributed by atoms with Gasteiger partial charge in [-0.05, 0) is 48.7 Å². The number of nitrogens with zero attached hydrogens (tertiary/aromatic N) is 6. The van der Waals surface area contributed by atoms with Crippen LogP contribution in [0.25, 0.3) is 5.69 Å². The van der Waals surface area contributed by atoms with Crippen LogP contribution in [0.1, 0.15) is 47.5 Å². The van der Waals surface area contributed by atoms with Gasteiger partial charge >= 0.3 is 0 Å². The van der Waals surface area contributed by atoms with Crippen LogP contribution >= 0.6 is 11.8 Å². The standard InChI is InChI=1S/C18H21N7OS/c1-10(2)16-19-11(3)15(18(21-16)27-5)17(26)20-13-7-6-8-14(9-13)25-12(4)22-23-24-25/h6-10H,1-5H3,(H,20,26). The molecular weight excluding hydrogens is 362 g/mol. The van der Waals surface area contributed by atoms with Crippen LogP contribution in [0, 0.1) is 13.8 Å². The average Bonchev–Trinajstić information content (AvgIpc) is 3.06. The molecule has 0 bridgehead atoms. The molecule has 8 nitrogen and oxygen atoms in total. The second-order valence-electron chi connectivity index (χ2n) is 6.35. The van der Waals surface area contributed by atoms with Crippen molar-refractivity contribution in [1.29, 1.82) is 0 Å². The van der Waals surface area contributed by atoms with E-state index in [1.54, 1.807) is 4.68 Å². The molecule has 1 aromatic carbocycles. The quantitative estimate of drug-likeness (QED) is 0.534. The summed E-state index contributed by atoms with van der Waals surface area (Å²) >= 11 is 1.44. The highest BCUT2D eigenvalue weighted by atomic mass is 32.2. The van der Waals surface area contributed by atoms with E-state index in [9.17, 15) is 4.79 Å². The molecule has 2 heterocycles. The Morgan fingerprint density at radius 3 is 2.63 bits per heavy atom. The molecule has 140 valence electrons. The van der Waals surface area contributed by atoms with Gasteiger partial charge in [-0.15, -0.1) is 16.9 Å². The highest BCUT2D eigenvalue weighted by Gasteiger charge is 2.19. The van der Waals surface area contributed by atoms with E-state index in [-0.39, 0.29) is 11.8 Å². The summed E-state index contributed by atoms with van der Waals surface area (Å²) in [5.74, 6) is 1.36. The molecule has 0 fully saturated rings. The van der Waals surface area contributed by atoms with Crippen LogP contribution in [0.4, 0.5) is 5.69 Å². The molecule has 0 saturated heterocycles. The van der Waals surface area contributed by atoms with Gasteiger partial charge in [0.25, 0.3) is 5.91 Å². The van der Waals surface area contributed by atoms with Gasteiger partial charge in [-0.2, -0.15) is 4.68 Å². The summed E-state index contributed by atoms with van der Waals surface area (Å²) in [7, 11) is 0. The Balaban J connectivity index is 1.91. The van der Waals surface area contributed by atoms with Gasteiger partial charge in [-0.25, -0.2) is 9.97 Å². The molecule has 0 saturated carbocycles. The number of aromatic nitrogens is 6. The zero-order valence-electron chi connectivity index (χ0n) is 15.9. The summed E-state index contributed by atoms with van der Waals surface area (Å²) < 4.78 is 1.61. The average molecular weight is 383 g/mol. The van der Waals surface area contributed by atoms with Crippen molar-refractivity contribution in [2.45, 2.75) is 38.6 Å². The highest BCUT2D eigenvalue weighted by Crippen LogP contribution is 2.24. The van der Waals surface area contributed by atoms with Gasteiger partial charge in [-0.3, -0.25) is 4.79 Å². The Morgan fingerprint density at radius 1 is 1.22 bits per heavy atom. The maximum Gasteiger partial charge on any atom is 0.260 e. The molecule has 2 aromatic heterocycles. The molecule has 9 heteroatoms. The molecule has 3 aromatic rings. The van der Waals surface area contributed by atoms with Crippen LogP contribution in [0.15, 0.2) is 29.3 Å². The summed E-state index contributed by atoms with van der Waals surface area (Å²) in [4.78, 5) is 22.0. The number of amides is 1. The van der Waals surface area contributed by atoms with Crippen molar-refractivity contribution in [1.82, 2.24) is 30.2 Å². The van der Waals surface area contributed by atoms with E-state index < -0.39 is 0 Å². The third-order valence-corrected chi connectivity index (χ3v) is 4.67. The summed E-state index contributed by atoms with van der Waals surface area (Å²) in [5.41, 5.74) is 2.58. The number of tetrazole rings is 1. The van der Waals surface area contributed by atoms with E-state index in [4.69, 9.17) is 0 Å². The number of anilines is 1. The Hall–Kier alpha value is -2.81. The molecule has 0 aliphatic heterocycles. The fraction of sp³-hybridized carbons (Fsp3) is 0.333. The monoisotopic (exact) mass is 383 g/mol. The van der Waals surface area contributed by atoms with E-state index in [1.165, 1.54) is 11.8 Å². The molecule has 0 radical (unpaired) electrons. The molecule has 0 unspecified atom stereocenters. The van der Waals surface area contributed by atoms with E-state index in [0.29, 0.717) is 27.8 Å². The normalized spacial score (nSPS) is 11.0. The zero-order chi connectivity index (χ0) is 19.6. The number of benzene rings is 1. The van der Waals surface area contributed by atoms with Gasteiger partial charge in [0.05, 0.1) is 16.9 Å². The molecule has 0 aliphatic rings. The molecule has 27 heavy (non-hydrogen) atoms. The van der Waals surface area contributed by atoms with E-state index >= 15 is 0 Å². The minimum absolute atomic E-state index is 0.197. The Bertz CT molecular complexity index is 984. The van der Waals surface area contributed by atoms with Gasteiger partial charge in [0.1, 0.15) is 10.9 Å². The predicted octanol–water partition coefficient (Wildman–Crippen LogP) is 3.17. The lowest BCUT2D eigenvalue weighted by molar-refractivity contribution is 0.102. The van der Waals surface area contributed by atoms with Crippen LogP contribution < -0.4 is 5.32 Å². The molecule has 0 atom stereocenters. The third-order valence-electron chi connectivity index (χ3n) is 3.98. The summed E-state index contributed by atoms with van der Waals surface area (Å²) in [6.07, 6.45) is 1.91. The van der Waals surface area contributed by atoms with Gasteiger partial charge in [0.2, 0.25) is 0 Å². The SMILES string of the molecule is CSc1nc(C(C)C)nc(C)c1C(=O)Nc1cccc(-n2nnnc2C)c1. The van der Waals surface area contributed by atoms with Crippen molar-refractivity contribution in [3.63, 3.8) is 0 Å². The van der Waals surface area contributed by atoms with Crippen molar-refractivity contribution >= 4 is 23.4 Å². The van der Waals surface area contributed by atoms with Gasteiger partial charge in [-0.1, -0.05) is 19.9 Å². The number of thioether (sulfide) groups is 1. The van der Waals surface area contributed by atoms with Gasteiger partial charge in [0.15, 0.2) is 5.82 Å². The summed E-state index contributed by atoms with van der Waals surface area (Å²) in [5, 5.41) is 15.1. The maximum absolute atomic E-state index is 12.9. The number of hydrogen-bond donors (Lipinski definition) is 1. The topological polar surface area (TPSA) is 98.5 Å². The minimum Gasteiger partial charge on any atom is -0.322 e. The van der Waals surface area contributed by atoms with Crippen LogP contribution in [0.3, 0.4) is 0 Å². The van der Waals surface area contributed by atoms with Crippen LogP contribution in [0.2, 0.25) is 0 Å². The highest BCUT2D eigenvalue weighted by molar-refractivity contribution is 7.98. The van der Waals surface area contributed by atoms with E-state index in [0.717, 1.165) is 11.5 Å². The second kappa shape index (κ2) is 7.83. The molecule has 1 amide bonds. The lowest BCUT2D eigenvalue weighted by Crippen LogP contribution is -2.18. The number of carbonyl (C=O) groups is 1. The van der Waals surface area contributed by atoms with E-state index in [2.05, 4.69) is 30.8 Å². The Morgan fingerprint density at radius 2 is 2.00 bits per heavy atom. The van der Waals surface area contributed by atoms with Crippen molar-refractivity contribution < 1.29 is 4.79 Å². The number of carbonyl (C=O) groups excluding carboxylic acids is 1. The molecule has 3 rings (SSSR count). The fourth-order valence-corrected chi connectivity index (χ4v) is 3.24. The predicted molar refractivity (Wildman–Crippen MR) is 104 cm³/mol. The summed E-state index contributed by atoms with van der Waals surface area (Å²) in [6, 6.07) is 7.35. The largest absolute Gasteiger partial charge is 0.322 e.